The summed E-state index contributed by atoms with van der Waals surface area (Å²) < 4.78 is 0. The molecule has 1 N–H and O–H groups in total. The Kier molecular flexibility index (Phi) is 2.59. The molecular weight excluding hydrogens is 210 g/mol. The highest BCUT2D eigenvalue weighted by atomic mass is 35.5. The van der Waals surface area contributed by atoms with Crippen LogP contribution in [-0.4, -0.2) is 15.5 Å². The van der Waals surface area contributed by atoms with Gasteiger partial charge in [-0.15, -0.1) is 0 Å². The maximum Gasteiger partial charge on any atom is 0.224 e. The van der Waals surface area contributed by atoms with Crippen LogP contribution in [0.25, 0.3) is 0 Å². The van der Waals surface area contributed by atoms with Crippen molar-refractivity contribution in [1.82, 2.24) is 9.97 Å². The van der Waals surface area contributed by atoms with Crippen LogP contribution in [0.2, 0.25) is 5.28 Å². The number of nitrogens with zero attached hydrogens (tertiary/aromatic N) is 2. The summed E-state index contributed by atoms with van der Waals surface area (Å²) >= 11 is 5.82. The van der Waals surface area contributed by atoms with Crippen LogP contribution in [0.3, 0.4) is 0 Å². The minimum Gasteiger partial charge on any atom is -0.364 e. The topological polar surface area (TPSA) is 37.8 Å². The molecule has 1 aliphatic carbocycles. The fourth-order valence-corrected chi connectivity index (χ4v) is 2.06. The molecule has 1 heterocycles. The molecule has 0 unspecified atom stereocenters. The van der Waals surface area contributed by atoms with Gasteiger partial charge in [0.1, 0.15) is 5.82 Å². The molecule has 0 spiro atoms. The fraction of sp³-hybridized carbons (Fsp3) is 0.636. The molecule has 2 rings (SSSR count). The molecule has 1 aromatic rings. The summed E-state index contributed by atoms with van der Waals surface area (Å²) in [6.07, 6.45) is 2.43. The molecule has 82 valence electrons. The van der Waals surface area contributed by atoms with Crippen LogP contribution in [-0.2, 0) is 0 Å². The zero-order valence-corrected chi connectivity index (χ0v) is 10.1. The Bertz CT molecular complexity index is 352. The van der Waals surface area contributed by atoms with E-state index in [0.29, 0.717) is 11.2 Å². The first kappa shape index (κ1) is 10.7. The third-order valence-electron chi connectivity index (χ3n) is 3.10. The molecule has 0 amide bonds. The van der Waals surface area contributed by atoms with Gasteiger partial charge in [-0.2, -0.15) is 0 Å². The summed E-state index contributed by atoms with van der Waals surface area (Å²) in [5.74, 6) is 1.46. The van der Waals surface area contributed by atoms with Gasteiger partial charge in [0, 0.05) is 17.3 Å². The summed E-state index contributed by atoms with van der Waals surface area (Å²) in [4.78, 5) is 8.23. The van der Waals surface area contributed by atoms with E-state index in [4.69, 9.17) is 11.6 Å². The first-order valence-electron chi connectivity index (χ1n) is 5.31. The van der Waals surface area contributed by atoms with Gasteiger partial charge >= 0.3 is 0 Å². The van der Waals surface area contributed by atoms with E-state index in [1.807, 2.05) is 13.0 Å². The number of hydrogen-bond acceptors (Lipinski definition) is 3. The Hall–Kier alpha value is -0.830. The van der Waals surface area contributed by atoms with Crippen LogP contribution < -0.4 is 5.32 Å². The molecule has 1 fully saturated rings. The molecular formula is C11H16ClN3. The minimum absolute atomic E-state index is 0.240. The molecule has 0 aliphatic heterocycles. The van der Waals surface area contributed by atoms with E-state index in [0.717, 1.165) is 11.5 Å². The highest BCUT2D eigenvalue weighted by molar-refractivity contribution is 6.28. The Balaban J connectivity index is 2.17. The number of aromatic nitrogens is 2. The van der Waals surface area contributed by atoms with Crippen molar-refractivity contribution in [3.8, 4) is 0 Å². The van der Waals surface area contributed by atoms with E-state index in [1.165, 1.54) is 12.8 Å². The summed E-state index contributed by atoms with van der Waals surface area (Å²) in [6.45, 7) is 6.39. The van der Waals surface area contributed by atoms with Gasteiger partial charge in [0.2, 0.25) is 5.28 Å². The molecule has 3 nitrogen and oxygen atoms in total. The molecule has 0 saturated heterocycles. The van der Waals surface area contributed by atoms with Crippen molar-refractivity contribution in [1.29, 1.82) is 0 Å². The number of halogens is 1. The van der Waals surface area contributed by atoms with E-state index in [1.54, 1.807) is 0 Å². The molecule has 0 bridgehead atoms. The zero-order chi connectivity index (χ0) is 11.1. The third kappa shape index (κ3) is 2.23. The van der Waals surface area contributed by atoms with Gasteiger partial charge in [0.15, 0.2) is 0 Å². The number of anilines is 1. The van der Waals surface area contributed by atoms with Gasteiger partial charge in [-0.05, 0) is 37.3 Å². The molecule has 0 atom stereocenters. The van der Waals surface area contributed by atoms with Gasteiger partial charge in [-0.25, -0.2) is 9.97 Å². The van der Waals surface area contributed by atoms with Crippen LogP contribution in [0.4, 0.5) is 5.82 Å². The van der Waals surface area contributed by atoms with Crippen molar-refractivity contribution < 1.29 is 0 Å². The number of hydrogen-bond donors (Lipinski definition) is 1. The summed E-state index contributed by atoms with van der Waals surface area (Å²) in [5.41, 5.74) is 1.14. The van der Waals surface area contributed by atoms with Crippen LogP contribution in [0, 0.1) is 12.8 Å². The number of nitrogens with one attached hydrogen (secondary N) is 1. The van der Waals surface area contributed by atoms with Crippen molar-refractivity contribution >= 4 is 17.4 Å². The van der Waals surface area contributed by atoms with Gasteiger partial charge in [0.05, 0.1) is 0 Å². The highest BCUT2D eigenvalue weighted by Crippen LogP contribution is 2.44. The van der Waals surface area contributed by atoms with E-state index in [9.17, 15) is 0 Å². The quantitative estimate of drug-likeness (QED) is 0.804. The first-order chi connectivity index (χ1) is 7.02. The predicted molar refractivity (Wildman–Crippen MR) is 62.2 cm³/mol. The Morgan fingerprint density at radius 2 is 2.07 bits per heavy atom. The van der Waals surface area contributed by atoms with Crippen LogP contribution >= 0.6 is 11.6 Å². The normalized spacial score (nSPS) is 17.9. The first-order valence-corrected chi connectivity index (χ1v) is 5.69. The predicted octanol–water partition coefficient (Wildman–Crippen LogP) is 3.04. The molecule has 4 heteroatoms. The Morgan fingerprint density at radius 3 is 2.53 bits per heavy atom. The molecule has 1 saturated carbocycles. The van der Waals surface area contributed by atoms with Crippen molar-refractivity contribution in [2.24, 2.45) is 5.92 Å². The standard InChI is InChI=1S/C11H16ClN3/c1-7(2)11(4-5-11)15-9-6-8(3)13-10(12)14-9/h6-7H,4-5H2,1-3H3,(H,13,14,15). The number of rotatable bonds is 3. The lowest BCUT2D eigenvalue weighted by Gasteiger charge is -2.22. The molecule has 0 aromatic carbocycles. The SMILES string of the molecule is Cc1cc(NC2(C(C)C)CC2)nc(Cl)n1. The lowest BCUT2D eigenvalue weighted by Crippen LogP contribution is -2.28. The fourth-order valence-electron chi connectivity index (χ4n) is 1.83. The molecule has 1 aliphatic rings. The van der Waals surface area contributed by atoms with E-state index in [2.05, 4.69) is 29.1 Å². The van der Waals surface area contributed by atoms with Gasteiger partial charge in [0.25, 0.3) is 0 Å². The van der Waals surface area contributed by atoms with Crippen LogP contribution in [0.15, 0.2) is 6.07 Å². The highest BCUT2D eigenvalue weighted by Gasteiger charge is 2.45. The van der Waals surface area contributed by atoms with Gasteiger partial charge < -0.3 is 5.32 Å². The molecule has 0 radical (unpaired) electrons. The van der Waals surface area contributed by atoms with Crippen LogP contribution in [0.1, 0.15) is 32.4 Å². The van der Waals surface area contributed by atoms with Crippen molar-refractivity contribution in [3.63, 3.8) is 0 Å². The van der Waals surface area contributed by atoms with E-state index < -0.39 is 0 Å². The summed E-state index contributed by atoms with van der Waals surface area (Å²) in [5, 5.41) is 3.79. The van der Waals surface area contributed by atoms with Crippen molar-refractivity contribution in [2.45, 2.75) is 39.2 Å². The van der Waals surface area contributed by atoms with Gasteiger partial charge in [-0.1, -0.05) is 13.8 Å². The van der Waals surface area contributed by atoms with Crippen LogP contribution in [0.5, 0.6) is 0 Å². The Labute approximate surface area is 95.3 Å². The second-order valence-electron chi connectivity index (χ2n) is 4.60. The second-order valence-corrected chi connectivity index (χ2v) is 4.94. The van der Waals surface area contributed by atoms with E-state index in [-0.39, 0.29) is 5.54 Å². The average molecular weight is 226 g/mol. The lowest BCUT2D eigenvalue weighted by molar-refractivity contribution is 0.510. The average Bonchev–Trinajstić information content (AvgIpc) is 2.83. The summed E-state index contributed by atoms with van der Waals surface area (Å²) in [7, 11) is 0. The minimum atomic E-state index is 0.240. The smallest absolute Gasteiger partial charge is 0.224 e. The summed E-state index contributed by atoms with van der Waals surface area (Å²) in [6, 6.07) is 1.94. The number of aryl methyl sites for hydroxylation is 1. The molecule has 1 aromatic heterocycles. The lowest BCUT2D eigenvalue weighted by atomic mass is 10.0. The van der Waals surface area contributed by atoms with Crippen molar-refractivity contribution in [3.05, 3.63) is 17.0 Å². The third-order valence-corrected chi connectivity index (χ3v) is 3.27. The zero-order valence-electron chi connectivity index (χ0n) is 9.34. The molecule has 15 heavy (non-hydrogen) atoms. The Morgan fingerprint density at radius 1 is 1.40 bits per heavy atom. The maximum atomic E-state index is 5.82. The largest absolute Gasteiger partial charge is 0.364 e. The van der Waals surface area contributed by atoms with Gasteiger partial charge in [-0.3, -0.25) is 0 Å². The van der Waals surface area contributed by atoms with Crippen molar-refractivity contribution in [2.75, 3.05) is 5.32 Å². The maximum absolute atomic E-state index is 5.82. The monoisotopic (exact) mass is 225 g/mol. The second kappa shape index (κ2) is 3.63. The van der Waals surface area contributed by atoms with E-state index >= 15 is 0 Å².